The number of nitrogens with two attached hydrogens (primary N) is 1. The van der Waals surface area contributed by atoms with Crippen LogP contribution < -0.4 is 11.3 Å². The van der Waals surface area contributed by atoms with Crippen LogP contribution in [0, 0.1) is 6.92 Å². The Balaban J connectivity index is 2.80. The van der Waals surface area contributed by atoms with Crippen molar-refractivity contribution in [2.24, 2.45) is 7.05 Å². The first-order chi connectivity index (χ1) is 7.54. The molecule has 2 N–H and O–H groups in total. The van der Waals surface area contributed by atoms with E-state index in [0.717, 1.165) is 15.9 Å². The van der Waals surface area contributed by atoms with Gasteiger partial charge in [-0.2, -0.15) is 0 Å². The molecule has 16 heavy (non-hydrogen) atoms. The van der Waals surface area contributed by atoms with Gasteiger partial charge in [-0.25, -0.2) is 4.68 Å². The van der Waals surface area contributed by atoms with E-state index in [0.29, 0.717) is 5.69 Å². The molecule has 0 aliphatic heterocycles. The van der Waals surface area contributed by atoms with Crippen molar-refractivity contribution < 1.29 is 0 Å². The Morgan fingerprint density at radius 1 is 1.31 bits per heavy atom. The fourth-order valence-electron chi connectivity index (χ4n) is 1.62. The number of para-hydroxylation sites is 1. The van der Waals surface area contributed by atoms with Crippen molar-refractivity contribution in [2.45, 2.75) is 6.92 Å². The van der Waals surface area contributed by atoms with E-state index in [-0.39, 0.29) is 5.56 Å². The molecule has 1 aromatic heterocycles. The maximum absolute atomic E-state index is 12.0. The molecule has 2 aromatic rings. The summed E-state index contributed by atoms with van der Waals surface area (Å²) in [7, 11) is 1.81. The zero-order valence-corrected chi connectivity index (χ0v) is 10.7. The molecule has 0 saturated carbocycles. The third kappa shape index (κ3) is 1.48. The quantitative estimate of drug-likeness (QED) is 0.867. The molecule has 0 unspecified atom stereocenters. The SMILES string of the molecule is Cc1c(N)c(=O)n(-c2ccccc2Br)n1C. The summed E-state index contributed by atoms with van der Waals surface area (Å²) in [5.74, 6) is 0. The number of hydrogen-bond donors (Lipinski definition) is 1. The van der Waals surface area contributed by atoms with Crippen LogP contribution in [-0.4, -0.2) is 9.36 Å². The summed E-state index contributed by atoms with van der Waals surface area (Å²) in [5.41, 5.74) is 7.37. The predicted octanol–water partition coefficient (Wildman–Crippen LogP) is 1.83. The van der Waals surface area contributed by atoms with Crippen LogP contribution in [0.1, 0.15) is 5.69 Å². The smallest absolute Gasteiger partial charge is 0.294 e. The molecule has 0 saturated heterocycles. The Kier molecular flexibility index (Phi) is 2.63. The van der Waals surface area contributed by atoms with Crippen LogP contribution in [-0.2, 0) is 7.05 Å². The van der Waals surface area contributed by atoms with Crippen molar-refractivity contribution in [2.75, 3.05) is 5.73 Å². The molecule has 0 bridgehead atoms. The van der Waals surface area contributed by atoms with Crippen LogP contribution in [0.4, 0.5) is 5.69 Å². The van der Waals surface area contributed by atoms with E-state index in [9.17, 15) is 4.79 Å². The van der Waals surface area contributed by atoms with Gasteiger partial charge in [0.2, 0.25) is 0 Å². The van der Waals surface area contributed by atoms with Crippen molar-refractivity contribution in [1.82, 2.24) is 9.36 Å². The summed E-state index contributed by atoms with van der Waals surface area (Å²) in [6.45, 7) is 1.82. The van der Waals surface area contributed by atoms with Crippen LogP contribution in [0.15, 0.2) is 33.5 Å². The van der Waals surface area contributed by atoms with Crippen LogP contribution >= 0.6 is 15.9 Å². The van der Waals surface area contributed by atoms with Gasteiger partial charge in [0, 0.05) is 11.5 Å². The second kappa shape index (κ2) is 3.83. The highest BCUT2D eigenvalue weighted by atomic mass is 79.9. The summed E-state index contributed by atoms with van der Waals surface area (Å²) in [6, 6.07) is 7.54. The zero-order chi connectivity index (χ0) is 11.9. The van der Waals surface area contributed by atoms with E-state index in [1.54, 1.807) is 9.36 Å². The number of aromatic nitrogens is 2. The van der Waals surface area contributed by atoms with E-state index in [1.807, 2.05) is 38.2 Å². The minimum atomic E-state index is -0.188. The van der Waals surface area contributed by atoms with Gasteiger partial charge in [0.1, 0.15) is 5.69 Å². The lowest BCUT2D eigenvalue weighted by atomic mass is 10.3. The summed E-state index contributed by atoms with van der Waals surface area (Å²) >= 11 is 3.42. The van der Waals surface area contributed by atoms with Crippen molar-refractivity contribution in [3.05, 3.63) is 44.8 Å². The molecule has 0 atom stereocenters. The summed E-state index contributed by atoms with van der Waals surface area (Å²) in [6.07, 6.45) is 0. The maximum atomic E-state index is 12.0. The largest absolute Gasteiger partial charge is 0.393 e. The summed E-state index contributed by atoms with van der Waals surface area (Å²) in [5, 5.41) is 0. The van der Waals surface area contributed by atoms with Crippen molar-refractivity contribution in [3.8, 4) is 5.69 Å². The average molecular weight is 282 g/mol. The Labute approximate surface area is 101 Å². The molecular weight excluding hydrogens is 270 g/mol. The normalized spacial score (nSPS) is 10.7. The summed E-state index contributed by atoms with van der Waals surface area (Å²) < 4.78 is 4.16. The van der Waals surface area contributed by atoms with Gasteiger partial charge in [0.25, 0.3) is 5.56 Å². The van der Waals surface area contributed by atoms with Gasteiger partial charge >= 0.3 is 0 Å². The summed E-state index contributed by atoms with van der Waals surface area (Å²) in [4.78, 5) is 12.0. The lowest BCUT2D eigenvalue weighted by Crippen LogP contribution is -2.20. The highest BCUT2D eigenvalue weighted by molar-refractivity contribution is 9.10. The molecule has 4 nitrogen and oxygen atoms in total. The monoisotopic (exact) mass is 281 g/mol. The van der Waals surface area contributed by atoms with Crippen molar-refractivity contribution in [1.29, 1.82) is 0 Å². The molecule has 0 fully saturated rings. The molecule has 2 rings (SSSR count). The first-order valence-corrected chi connectivity index (χ1v) is 5.62. The molecule has 0 radical (unpaired) electrons. The number of hydrogen-bond acceptors (Lipinski definition) is 2. The van der Waals surface area contributed by atoms with E-state index in [1.165, 1.54) is 0 Å². The van der Waals surface area contributed by atoms with E-state index >= 15 is 0 Å². The van der Waals surface area contributed by atoms with Crippen LogP contribution in [0.3, 0.4) is 0 Å². The molecule has 84 valence electrons. The fourth-order valence-corrected chi connectivity index (χ4v) is 2.08. The van der Waals surface area contributed by atoms with Gasteiger partial charge in [0.15, 0.2) is 0 Å². The predicted molar refractivity (Wildman–Crippen MR) is 67.9 cm³/mol. The van der Waals surface area contributed by atoms with Crippen molar-refractivity contribution in [3.63, 3.8) is 0 Å². The Bertz CT molecular complexity index is 598. The van der Waals surface area contributed by atoms with Crippen LogP contribution in [0.2, 0.25) is 0 Å². The van der Waals surface area contributed by atoms with Gasteiger partial charge in [0.05, 0.1) is 11.4 Å². The van der Waals surface area contributed by atoms with Gasteiger partial charge in [-0.1, -0.05) is 12.1 Å². The minimum Gasteiger partial charge on any atom is -0.393 e. The molecule has 5 heteroatoms. The standard InChI is InChI=1S/C11H12BrN3O/c1-7-10(13)11(16)15(14(7)2)9-6-4-3-5-8(9)12/h3-6H,13H2,1-2H3. The van der Waals surface area contributed by atoms with E-state index in [4.69, 9.17) is 5.73 Å². The first kappa shape index (κ1) is 11.0. The highest BCUT2D eigenvalue weighted by Crippen LogP contribution is 2.20. The Morgan fingerprint density at radius 2 is 1.94 bits per heavy atom. The molecule has 0 aliphatic carbocycles. The van der Waals surface area contributed by atoms with Gasteiger partial charge in [-0.15, -0.1) is 0 Å². The molecule has 1 aromatic carbocycles. The maximum Gasteiger partial charge on any atom is 0.294 e. The number of nitrogen functional groups attached to an aromatic ring is 1. The second-order valence-corrected chi connectivity index (χ2v) is 4.45. The number of nitrogens with zero attached hydrogens (tertiary/aromatic N) is 2. The molecular formula is C11H12BrN3O. The molecule has 0 aliphatic rings. The minimum absolute atomic E-state index is 0.188. The second-order valence-electron chi connectivity index (χ2n) is 3.59. The van der Waals surface area contributed by atoms with Crippen LogP contribution in [0.5, 0.6) is 0 Å². The zero-order valence-electron chi connectivity index (χ0n) is 9.07. The number of halogens is 1. The average Bonchev–Trinajstić information content (AvgIpc) is 2.45. The number of rotatable bonds is 1. The Hall–Kier alpha value is -1.49. The third-order valence-corrected chi connectivity index (χ3v) is 3.35. The van der Waals surface area contributed by atoms with Gasteiger partial charge < -0.3 is 5.73 Å². The lowest BCUT2D eigenvalue weighted by molar-refractivity contribution is 0.628. The van der Waals surface area contributed by atoms with E-state index in [2.05, 4.69) is 15.9 Å². The molecule has 0 spiro atoms. The third-order valence-electron chi connectivity index (χ3n) is 2.68. The number of anilines is 1. The van der Waals surface area contributed by atoms with Gasteiger partial charge in [-0.05, 0) is 35.0 Å². The van der Waals surface area contributed by atoms with Gasteiger partial charge in [-0.3, -0.25) is 9.48 Å². The highest BCUT2D eigenvalue weighted by Gasteiger charge is 2.14. The topological polar surface area (TPSA) is 53.0 Å². The molecule has 1 heterocycles. The number of benzene rings is 1. The fraction of sp³-hybridized carbons (Fsp3) is 0.182. The Morgan fingerprint density at radius 3 is 2.44 bits per heavy atom. The lowest BCUT2D eigenvalue weighted by Gasteiger charge is -2.09. The van der Waals surface area contributed by atoms with Crippen molar-refractivity contribution >= 4 is 21.6 Å². The van der Waals surface area contributed by atoms with E-state index < -0.39 is 0 Å². The first-order valence-electron chi connectivity index (χ1n) is 4.83. The molecule has 0 amide bonds. The van der Waals surface area contributed by atoms with Crippen LogP contribution in [0.25, 0.3) is 5.69 Å².